The average molecular weight is 487 g/mol. The number of anilines is 2. The van der Waals surface area contributed by atoms with E-state index in [4.69, 9.17) is 5.73 Å². The molecule has 36 heavy (non-hydrogen) atoms. The van der Waals surface area contributed by atoms with Crippen LogP contribution in [0.25, 0.3) is 0 Å². The summed E-state index contributed by atoms with van der Waals surface area (Å²) in [6.07, 6.45) is 4.14. The molecule has 4 amide bonds. The smallest absolute Gasteiger partial charge is 0.325 e. The lowest BCUT2D eigenvalue weighted by Gasteiger charge is -2.46. The minimum atomic E-state index is -0.953. The first-order chi connectivity index (χ1) is 17.3. The van der Waals surface area contributed by atoms with E-state index in [2.05, 4.69) is 15.3 Å². The molecule has 3 atom stereocenters. The molecule has 1 fully saturated rings. The minimum Gasteiger partial charge on any atom is -0.384 e. The van der Waals surface area contributed by atoms with Crippen LogP contribution in [0, 0.1) is 12.8 Å². The number of hydrogen-bond donors (Lipinski definition) is 2. The Morgan fingerprint density at radius 3 is 2.53 bits per heavy atom. The van der Waals surface area contributed by atoms with E-state index in [0.29, 0.717) is 17.9 Å². The van der Waals surface area contributed by atoms with Crippen molar-refractivity contribution in [3.05, 3.63) is 83.8 Å². The van der Waals surface area contributed by atoms with Crippen molar-refractivity contribution in [1.29, 1.82) is 0 Å². The molecule has 0 radical (unpaired) electrons. The Morgan fingerprint density at radius 2 is 1.89 bits per heavy atom. The van der Waals surface area contributed by atoms with E-state index >= 15 is 0 Å². The summed E-state index contributed by atoms with van der Waals surface area (Å²) in [5.74, 6) is -1.11. The number of likely N-dealkylation sites (tertiary alicyclic amines) is 1. The van der Waals surface area contributed by atoms with Gasteiger partial charge in [0.25, 0.3) is 5.91 Å². The number of aryl methyl sites for hydroxylation is 1. The van der Waals surface area contributed by atoms with Gasteiger partial charge in [-0.25, -0.2) is 9.78 Å². The molecule has 3 aromatic rings. The number of carbonyl (C=O) groups is 3. The highest BCUT2D eigenvalue weighted by Crippen LogP contribution is 2.33. The second kappa shape index (κ2) is 10.6. The normalized spacial score (nSPS) is 17.8. The van der Waals surface area contributed by atoms with Crippen molar-refractivity contribution in [2.45, 2.75) is 38.8 Å². The van der Waals surface area contributed by atoms with Crippen molar-refractivity contribution in [3.63, 3.8) is 0 Å². The van der Waals surface area contributed by atoms with Crippen molar-refractivity contribution in [3.8, 4) is 0 Å². The molecule has 4 rings (SSSR count). The lowest BCUT2D eigenvalue weighted by atomic mass is 9.81. The van der Waals surface area contributed by atoms with Crippen molar-refractivity contribution in [1.82, 2.24) is 20.2 Å². The van der Waals surface area contributed by atoms with Gasteiger partial charge in [0.15, 0.2) is 0 Å². The summed E-state index contributed by atoms with van der Waals surface area (Å²) in [6.45, 7) is 3.82. The highest BCUT2D eigenvalue weighted by Gasteiger charge is 2.55. The molecule has 0 bridgehead atoms. The molecular formula is C27H30N6O3. The van der Waals surface area contributed by atoms with Gasteiger partial charge in [0, 0.05) is 30.8 Å². The molecule has 2 aromatic heterocycles. The lowest BCUT2D eigenvalue weighted by molar-refractivity contribution is -0.156. The molecule has 3 heterocycles. The van der Waals surface area contributed by atoms with Gasteiger partial charge in [-0.3, -0.25) is 19.5 Å². The van der Waals surface area contributed by atoms with Crippen LogP contribution in [0.5, 0.6) is 0 Å². The summed E-state index contributed by atoms with van der Waals surface area (Å²) in [7, 11) is 1.64. The molecular weight excluding hydrogens is 456 g/mol. The molecule has 0 spiro atoms. The Balaban J connectivity index is 1.59. The Morgan fingerprint density at radius 1 is 1.14 bits per heavy atom. The van der Waals surface area contributed by atoms with Gasteiger partial charge in [0.05, 0.1) is 12.0 Å². The highest BCUT2D eigenvalue weighted by atomic mass is 16.2. The number of amides is 4. The Bertz CT molecular complexity index is 1250. The highest BCUT2D eigenvalue weighted by molar-refractivity contribution is 6.12. The van der Waals surface area contributed by atoms with Crippen molar-refractivity contribution >= 4 is 29.4 Å². The molecule has 9 nitrogen and oxygen atoms in total. The summed E-state index contributed by atoms with van der Waals surface area (Å²) in [6, 6.07) is 14.4. The molecule has 1 aliphatic heterocycles. The number of likely N-dealkylation sites (N-methyl/N-ethyl adjacent to an activating group) is 1. The van der Waals surface area contributed by atoms with Gasteiger partial charge < -0.3 is 16.0 Å². The minimum absolute atomic E-state index is 0.271. The molecule has 1 aromatic carbocycles. The zero-order chi connectivity index (χ0) is 25.8. The summed E-state index contributed by atoms with van der Waals surface area (Å²) >= 11 is 0. The summed E-state index contributed by atoms with van der Waals surface area (Å²) in [5, 5.41) is 2.92. The van der Waals surface area contributed by atoms with Crippen molar-refractivity contribution in [2.24, 2.45) is 5.92 Å². The predicted molar refractivity (Wildman–Crippen MR) is 137 cm³/mol. The summed E-state index contributed by atoms with van der Waals surface area (Å²) < 4.78 is 0. The van der Waals surface area contributed by atoms with Crippen LogP contribution in [0.15, 0.2) is 67.0 Å². The van der Waals surface area contributed by atoms with Crippen molar-refractivity contribution < 1.29 is 14.4 Å². The zero-order valence-electron chi connectivity index (χ0n) is 20.6. The third kappa shape index (κ3) is 5.05. The van der Waals surface area contributed by atoms with E-state index in [1.54, 1.807) is 43.7 Å². The number of rotatable bonds is 7. The van der Waals surface area contributed by atoms with Gasteiger partial charge in [-0.2, -0.15) is 0 Å². The summed E-state index contributed by atoms with van der Waals surface area (Å²) in [5.41, 5.74) is 8.95. The maximum atomic E-state index is 13.6. The van der Waals surface area contributed by atoms with Gasteiger partial charge in [0.2, 0.25) is 5.91 Å². The maximum Gasteiger partial charge on any atom is 0.325 e. The molecule has 0 saturated carbocycles. The lowest BCUT2D eigenvalue weighted by Crippen LogP contribution is -2.70. The number of imide groups is 1. The van der Waals surface area contributed by atoms with E-state index in [9.17, 15) is 14.4 Å². The first-order valence-corrected chi connectivity index (χ1v) is 11.9. The standard InChI is InChI=1S/C27H30N6O3/c1-4-22(19-11-10-17(2)30-16-19)31-27(36)33-24(26(35)32(3)20-8-6-5-7-9-20)21(25(33)34)14-18-12-13-29-23(28)15-18/h5-13,15-16,21-22,24H,4,14H2,1-3H3,(H2,28,29)(H,31,36)/t21?,22-,24+/m1/s1. The van der Waals surface area contributed by atoms with Crippen LogP contribution in [0.1, 0.15) is 36.2 Å². The maximum absolute atomic E-state index is 13.6. The molecule has 1 aliphatic rings. The van der Waals surface area contributed by atoms with E-state index in [1.807, 2.05) is 44.2 Å². The largest absolute Gasteiger partial charge is 0.384 e. The average Bonchev–Trinajstić information content (AvgIpc) is 2.89. The third-order valence-electron chi connectivity index (χ3n) is 6.50. The molecule has 0 aliphatic carbocycles. The molecule has 186 valence electrons. The second-order valence-corrected chi connectivity index (χ2v) is 8.93. The van der Waals surface area contributed by atoms with Crippen LogP contribution in [-0.2, 0) is 16.0 Å². The van der Waals surface area contributed by atoms with Crippen LogP contribution in [0.3, 0.4) is 0 Å². The van der Waals surface area contributed by atoms with Gasteiger partial charge in [-0.1, -0.05) is 31.2 Å². The Kier molecular flexibility index (Phi) is 7.28. The molecule has 1 saturated heterocycles. The number of urea groups is 1. The van der Waals surface area contributed by atoms with Crippen molar-refractivity contribution in [2.75, 3.05) is 17.7 Å². The first kappa shape index (κ1) is 24.8. The van der Waals surface area contributed by atoms with E-state index in [0.717, 1.165) is 21.7 Å². The van der Waals surface area contributed by atoms with Crippen LogP contribution in [0.4, 0.5) is 16.3 Å². The first-order valence-electron chi connectivity index (χ1n) is 11.9. The third-order valence-corrected chi connectivity index (χ3v) is 6.50. The van der Waals surface area contributed by atoms with Gasteiger partial charge >= 0.3 is 6.03 Å². The zero-order valence-corrected chi connectivity index (χ0v) is 20.6. The number of β-lactam (4-membered cyclic amide) rings is 1. The van der Waals surface area contributed by atoms with Crippen LogP contribution < -0.4 is 16.0 Å². The fourth-order valence-electron chi connectivity index (χ4n) is 4.43. The SMILES string of the molecule is CC[C@@H](NC(=O)N1C(=O)C(Cc2ccnc(N)c2)[C@H]1C(=O)N(C)c1ccccc1)c1ccc(C)nc1. The van der Waals surface area contributed by atoms with E-state index < -0.39 is 23.9 Å². The molecule has 1 unspecified atom stereocenters. The van der Waals surface area contributed by atoms with Gasteiger partial charge in [-0.05, 0) is 61.2 Å². The number of pyridine rings is 2. The fourth-order valence-corrected chi connectivity index (χ4v) is 4.43. The monoisotopic (exact) mass is 486 g/mol. The predicted octanol–water partition coefficient (Wildman–Crippen LogP) is 3.26. The Labute approximate surface area is 210 Å². The summed E-state index contributed by atoms with van der Waals surface area (Å²) in [4.78, 5) is 51.0. The van der Waals surface area contributed by atoms with E-state index in [1.165, 1.54) is 4.90 Å². The van der Waals surface area contributed by atoms with E-state index in [-0.39, 0.29) is 18.4 Å². The number of aromatic nitrogens is 2. The topological polar surface area (TPSA) is 122 Å². The number of para-hydroxylation sites is 1. The number of benzene rings is 1. The second-order valence-electron chi connectivity index (χ2n) is 8.93. The number of hydrogen-bond acceptors (Lipinski definition) is 6. The number of carbonyl (C=O) groups excluding carboxylic acids is 3. The number of nitrogens with two attached hydrogens (primary N) is 1. The Hall–Kier alpha value is -4.27. The number of nitrogens with one attached hydrogen (secondary N) is 1. The number of nitrogens with zero attached hydrogens (tertiary/aromatic N) is 4. The van der Waals surface area contributed by atoms with Gasteiger partial charge in [0.1, 0.15) is 11.9 Å². The van der Waals surface area contributed by atoms with Crippen LogP contribution in [0.2, 0.25) is 0 Å². The van der Waals surface area contributed by atoms with Crippen LogP contribution >= 0.6 is 0 Å². The molecule has 3 N–H and O–H groups in total. The van der Waals surface area contributed by atoms with Crippen LogP contribution in [-0.4, -0.2) is 45.8 Å². The van der Waals surface area contributed by atoms with Gasteiger partial charge in [-0.15, -0.1) is 0 Å². The quantitative estimate of drug-likeness (QED) is 0.495. The fraction of sp³-hybridized carbons (Fsp3) is 0.296. The molecule has 9 heteroatoms. The number of nitrogen functional groups attached to an aromatic ring is 1.